The molecule has 1 aromatic rings. The topological polar surface area (TPSA) is 50.7 Å². The van der Waals surface area contributed by atoms with Gasteiger partial charge in [-0.25, -0.2) is 4.79 Å². The van der Waals surface area contributed by atoms with Gasteiger partial charge in [-0.15, -0.1) is 0 Å². The number of rotatable bonds is 4. The van der Waals surface area contributed by atoms with Gasteiger partial charge in [-0.1, -0.05) is 18.2 Å². The molecule has 0 aliphatic carbocycles. The first-order chi connectivity index (χ1) is 7.24. The Kier molecular flexibility index (Phi) is 4.34. The van der Waals surface area contributed by atoms with Crippen molar-refractivity contribution in [2.45, 2.75) is 13.8 Å². The second-order valence-electron chi connectivity index (χ2n) is 2.90. The predicted molar refractivity (Wildman–Crippen MR) is 59.8 cm³/mol. The van der Waals surface area contributed by atoms with E-state index in [1.165, 1.54) is 0 Å². The van der Waals surface area contributed by atoms with Crippen molar-refractivity contribution in [1.29, 1.82) is 0 Å². The van der Waals surface area contributed by atoms with Crippen LogP contribution in [-0.2, 0) is 9.53 Å². The maximum absolute atomic E-state index is 11.2. The van der Waals surface area contributed by atoms with E-state index in [1.807, 2.05) is 30.3 Å². The normalized spacial score (nSPS) is 10.9. The van der Waals surface area contributed by atoms with Crippen molar-refractivity contribution in [2.75, 3.05) is 12.0 Å². The number of esters is 1. The summed E-state index contributed by atoms with van der Waals surface area (Å²) in [5, 5.41) is 3.91. The van der Waals surface area contributed by atoms with E-state index in [9.17, 15) is 4.79 Å². The zero-order valence-corrected chi connectivity index (χ0v) is 8.86. The van der Waals surface area contributed by atoms with Crippen LogP contribution in [0.4, 0.5) is 5.69 Å². The zero-order valence-electron chi connectivity index (χ0n) is 8.86. The number of nitrogens with zero attached hydrogens (tertiary/aromatic N) is 1. The molecule has 1 rings (SSSR count). The molecule has 0 atom stereocenters. The van der Waals surface area contributed by atoms with E-state index >= 15 is 0 Å². The SMILES string of the molecule is CCOC(=O)/C(C)=N/Nc1ccccc1. The summed E-state index contributed by atoms with van der Waals surface area (Å²) in [7, 11) is 0. The number of carbonyl (C=O) groups excluding carboxylic acids is 1. The number of para-hydroxylation sites is 1. The standard InChI is InChI=1S/C11H14N2O2/c1-3-15-11(14)9(2)12-13-10-7-5-4-6-8-10/h4-8,13H,3H2,1-2H3/b12-9+. The highest BCUT2D eigenvalue weighted by Gasteiger charge is 2.05. The van der Waals surface area contributed by atoms with E-state index in [0.29, 0.717) is 12.3 Å². The van der Waals surface area contributed by atoms with Crippen LogP contribution in [-0.4, -0.2) is 18.3 Å². The molecule has 0 aliphatic rings. The number of hydrogen-bond acceptors (Lipinski definition) is 4. The highest BCUT2D eigenvalue weighted by atomic mass is 16.5. The number of carbonyl (C=O) groups is 1. The molecule has 0 saturated carbocycles. The molecule has 0 saturated heterocycles. The quantitative estimate of drug-likeness (QED) is 0.466. The van der Waals surface area contributed by atoms with Crippen LogP contribution < -0.4 is 5.43 Å². The molecule has 0 bridgehead atoms. The van der Waals surface area contributed by atoms with Crippen molar-refractivity contribution in [2.24, 2.45) is 5.10 Å². The Morgan fingerprint density at radius 1 is 1.40 bits per heavy atom. The van der Waals surface area contributed by atoms with Gasteiger partial charge >= 0.3 is 5.97 Å². The van der Waals surface area contributed by atoms with E-state index in [2.05, 4.69) is 10.5 Å². The third kappa shape index (κ3) is 3.81. The van der Waals surface area contributed by atoms with Gasteiger partial charge in [-0.2, -0.15) is 5.10 Å². The van der Waals surface area contributed by atoms with Gasteiger partial charge in [0.1, 0.15) is 5.71 Å². The van der Waals surface area contributed by atoms with Gasteiger partial charge < -0.3 is 4.74 Å². The van der Waals surface area contributed by atoms with Gasteiger partial charge in [0.2, 0.25) is 0 Å². The molecule has 0 heterocycles. The largest absolute Gasteiger partial charge is 0.461 e. The van der Waals surface area contributed by atoms with Gasteiger partial charge in [0, 0.05) is 0 Å². The Morgan fingerprint density at radius 3 is 2.67 bits per heavy atom. The lowest BCUT2D eigenvalue weighted by atomic mass is 10.3. The number of hydrazone groups is 1. The van der Waals surface area contributed by atoms with E-state index < -0.39 is 5.97 Å². The maximum Gasteiger partial charge on any atom is 0.354 e. The summed E-state index contributed by atoms with van der Waals surface area (Å²) in [4.78, 5) is 11.2. The predicted octanol–water partition coefficient (Wildman–Crippen LogP) is 2.04. The van der Waals surface area contributed by atoms with Gasteiger partial charge in [-0.05, 0) is 26.0 Å². The van der Waals surface area contributed by atoms with Crippen LogP contribution in [0.15, 0.2) is 35.4 Å². The van der Waals surface area contributed by atoms with E-state index in [1.54, 1.807) is 13.8 Å². The minimum absolute atomic E-state index is 0.306. The molecule has 4 nitrogen and oxygen atoms in total. The average Bonchev–Trinajstić information content (AvgIpc) is 2.27. The number of anilines is 1. The molecule has 0 amide bonds. The molecule has 0 aliphatic heterocycles. The van der Waals surface area contributed by atoms with Crippen LogP contribution in [0.3, 0.4) is 0 Å². The van der Waals surface area contributed by atoms with Gasteiger partial charge in [0.15, 0.2) is 0 Å². The summed E-state index contributed by atoms with van der Waals surface area (Å²) >= 11 is 0. The van der Waals surface area contributed by atoms with Crippen LogP contribution >= 0.6 is 0 Å². The number of nitrogens with one attached hydrogen (secondary N) is 1. The smallest absolute Gasteiger partial charge is 0.354 e. The lowest BCUT2D eigenvalue weighted by molar-refractivity contribution is -0.135. The summed E-state index contributed by atoms with van der Waals surface area (Å²) in [6.45, 7) is 3.72. The number of hydrogen-bond donors (Lipinski definition) is 1. The van der Waals surface area contributed by atoms with Crippen molar-refractivity contribution in [1.82, 2.24) is 0 Å². The molecule has 1 aromatic carbocycles. The molecule has 0 aromatic heterocycles. The number of ether oxygens (including phenoxy) is 1. The average molecular weight is 206 g/mol. The maximum atomic E-state index is 11.2. The Hall–Kier alpha value is -1.84. The van der Waals surface area contributed by atoms with Gasteiger partial charge in [-0.3, -0.25) is 5.43 Å². The second-order valence-corrected chi connectivity index (χ2v) is 2.90. The first-order valence-electron chi connectivity index (χ1n) is 4.76. The van der Waals surface area contributed by atoms with Crippen LogP contribution in [0.5, 0.6) is 0 Å². The summed E-state index contributed by atoms with van der Waals surface area (Å²) in [5.41, 5.74) is 3.91. The van der Waals surface area contributed by atoms with Gasteiger partial charge in [0.05, 0.1) is 12.3 Å². The highest BCUT2D eigenvalue weighted by molar-refractivity contribution is 6.35. The molecular weight excluding hydrogens is 192 g/mol. The lowest BCUT2D eigenvalue weighted by Gasteiger charge is -2.02. The van der Waals surface area contributed by atoms with Crippen molar-refractivity contribution in [3.63, 3.8) is 0 Å². The van der Waals surface area contributed by atoms with Crippen LogP contribution in [0.2, 0.25) is 0 Å². The fourth-order valence-electron chi connectivity index (χ4n) is 0.942. The van der Waals surface area contributed by atoms with Crippen LogP contribution in [0, 0.1) is 0 Å². The minimum Gasteiger partial charge on any atom is -0.461 e. The lowest BCUT2D eigenvalue weighted by Crippen LogP contribution is -2.15. The first-order valence-corrected chi connectivity index (χ1v) is 4.76. The Labute approximate surface area is 88.9 Å². The molecule has 0 spiro atoms. The Bertz CT molecular complexity index is 347. The molecule has 0 radical (unpaired) electrons. The second kappa shape index (κ2) is 5.80. The summed E-state index contributed by atoms with van der Waals surface area (Å²) in [5.74, 6) is -0.402. The summed E-state index contributed by atoms with van der Waals surface area (Å²) < 4.78 is 4.78. The third-order valence-corrected chi connectivity index (χ3v) is 1.70. The van der Waals surface area contributed by atoms with Gasteiger partial charge in [0.25, 0.3) is 0 Å². The van der Waals surface area contributed by atoms with Crippen molar-refractivity contribution in [3.8, 4) is 0 Å². The fraction of sp³-hybridized carbons (Fsp3) is 0.273. The Balaban J connectivity index is 2.54. The van der Waals surface area contributed by atoms with E-state index in [4.69, 9.17) is 4.74 Å². The summed E-state index contributed by atoms with van der Waals surface area (Å²) in [6.07, 6.45) is 0. The third-order valence-electron chi connectivity index (χ3n) is 1.70. The molecule has 15 heavy (non-hydrogen) atoms. The molecule has 80 valence electrons. The molecule has 4 heteroatoms. The van der Waals surface area contributed by atoms with Crippen molar-refractivity contribution >= 4 is 17.4 Å². The van der Waals surface area contributed by atoms with E-state index in [-0.39, 0.29) is 0 Å². The molecule has 0 fully saturated rings. The number of benzene rings is 1. The summed E-state index contributed by atoms with van der Waals surface area (Å²) in [6, 6.07) is 9.41. The monoisotopic (exact) mass is 206 g/mol. The van der Waals surface area contributed by atoms with Crippen molar-refractivity contribution in [3.05, 3.63) is 30.3 Å². The van der Waals surface area contributed by atoms with Crippen LogP contribution in [0.25, 0.3) is 0 Å². The molecular formula is C11H14N2O2. The zero-order chi connectivity index (χ0) is 11.1. The fourth-order valence-corrected chi connectivity index (χ4v) is 0.942. The molecule has 0 unspecified atom stereocenters. The first kappa shape index (κ1) is 11.2. The Morgan fingerprint density at radius 2 is 2.07 bits per heavy atom. The van der Waals surface area contributed by atoms with E-state index in [0.717, 1.165) is 5.69 Å². The highest BCUT2D eigenvalue weighted by Crippen LogP contribution is 2.04. The van der Waals surface area contributed by atoms with Crippen LogP contribution in [0.1, 0.15) is 13.8 Å². The minimum atomic E-state index is -0.402. The van der Waals surface area contributed by atoms with Crippen molar-refractivity contribution < 1.29 is 9.53 Å². The molecule has 1 N–H and O–H groups in total.